The average molecular weight is 237 g/mol. The molecular weight excluding hydrogens is 218 g/mol. The summed E-state index contributed by atoms with van der Waals surface area (Å²) in [7, 11) is 0. The molecule has 5 nitrogen and oxygen atoms in total. The lowest BCUT2D eigenvalue weighted by molar-refractivity contribution is 0.219. The van der Waals surface area contributed by atoms with Crippen LogP contribution < -0.4 is 10.1 Å². The summed E-state index contributed by atoms with van der Waals surface area (Å²) < 4.78 is 5.49. The number of aromatic nitrogens is 2. The fraction of sp³-hybridized carbons (Fsp3) is 0.667. The van der Waals surface area contributed by atoms with E-state index in [0.29, 0.717) is 5.88 Å². The molecule has 5 heteroatoms. The fourth-order valence-corrected chi connectivity index (χ4v) is 1.59. The van der Waals surface area contributed by atoms with Crippen LogP contribution >= 0.6 is 0 Å². The Bertz CT molecular complexity index is 378. The molecule has 0 aliphatic heterocycles. The van der Waals surface area contributed by atoms with Crippen molar-refractivity contribution < 1.29 is 9.84 Å². The molecule has 0 spiro atoms. The first-order valence-electron chi connectivity index (χ1n) is 5.97. The number of nitrogens with zero attached hydrogens (tertiary/aromatic N) is 2. The molecule has 94 valence electrons. The van der Waals surface area contributed by atoms with Gasteiger partial charge in [-0.15, -0.1) is 0 Å². The minimum Gasteiger partial charge on any atom is -0.475 e. The third-order valence-corrected chi connectivity index (χ3v) is 2.94. The van der Waals surface area contributed by atoms with Crippen LogP contribution in [0.15, 0.2) is 12.4 Å². The van der Waals surface area contributed by atoms with Gasteiger partial charge in [0, 0.05) is 18.0 Å². The lowest BCUT2D eigenvalue weighted by Crippen LogP contribution is -2.19. The van der Waals surface area contributed by atoms with Gasteiger partial charge in [0.2, 0.25) is 5.88 Å². The lowest BCUT2D eigenvalue weighted by Gasteiger charge is -2.14. The molecule has 0 radical (unpaired) electrons. The van der Waals surface area contributed by atoms with Gasteiger partial charge in [-0.05, 0) is 26.7 Å². The largest absolute Gasteiger partial charge is 0.475 e. The number of ether oxygens (including phenoxy) is 1. The predicted molar refractivity (Wildman–Crippen MR) is 65.0 cm³/mol. The Morgan fingerprint density at radius 3 is 2.82 bits per heavy atom. The quantitative estimate of drug-likeness (QED) is 0.783. The molecule has 1 fully saturated rings. The van der Waals surface area contributed by atoms with Gasteiger partial charge >= 0.3 is 0 Å². The van der Waals surface area contributed by atoms with E-state index in [4.69, 9.17) is 4.74 Å². The van der Waals surface area contributed by atoms with Gasteiger partial charge in [-0.2, -0.15) is 0 Å². The van der Waals surface area contributed by atoms with Crippen molar-refractivity contribution >= 4 is 5.82 Å². The van der Waals surface area contributed by atoms with Crippen LogP contribution in [0, 0.1) is 5.41 Å². The van der Waals surface area contributed by atoms with Crippen molar-refractivity contribution in [1.82, 2.24) is 9.97 Å². The minimum atomic E-state index is 0.0734. The number of hydrogen-bond donors (Lipinski definition) is 2. The highest BCUT2D eigenvalue weighted by atomic mass is 16.5. The van der Waals surface area contributed by atoms with E-state index in [1.54, 1.807) is 6.07 Å². The van der Waals surface area contributed by atoms with Gasteiger partial charge in [0.05, 0.1) is 12.7 Å². The molecular formula is C12H19N3O2. The monoisotopic (exact) mass is 237 g/mol. The summed E-state index contributed by atoms with van der Waals surface area (Å²) in [6.45, 7) is 4.91. The van der Waals surface area contributed by atoms with Crippen molar-refractivity contribution in [2.24, 2.45) is 5.41 Å². The van der Waals surface area contributed by atoms with Gasteiger partial charge in [0.15, 0.2) is 0 Å². The van der Waals surface area contributed by atoms with Crippen molar-refractivity contribution in [3.8, 4) is 5.88 Å². The topological polar surface area (TPSA) is 67.3 Å². The zero-order chi connectivity index (χ0) is 12.3. The van der Waals surface area contributed by atoms with E-state index in [2.05, 4.69) is 15.3 Å². The minimum absolute atomic E-state index is 0.0734. The molecule has 1 aliphatic carbocycles. The molecule has 1 saturated carbocycles. The number of aliphatic hydroxyl groups excluding tert-OH is 1. The van der Waals surface area contributed by atoms with Crippen LogP contribution in [0.4, 0.5) is 5.82 Å². The highest BCUT2D eigenvalue weighted by Gasteiger charge is 2.41. The number of hydrogen-bond acceptors (Lipinski definition) is 5. The van der Waals surface area contributed by atoms with E-state index in [-0.39, 0.29) is 18.1 Å². The normalized spacial score (nSPS) is 16.9. The Labute approximate surface area is 101 Å². The van der Waals surface area contributed by atoms with Crippen LogP contribution in [0.25, 0.3) is 0 Å². The van der Waals surface area contributed by atoms with E-state index in [1.807, 2.05) is 13.8 Å². The molecule has 0 saturated heterocycles. The molecule has 1 aromatic rings. The number of aliphatic hydroxyl groups is 1. The summed E-state index contributed by atoms with van der Waals surface area (Å²) in [6.07, 6.45) is 3.75. The molecule has 1 aliphatic rings. The van der Waals surface area contributed by atoms with Crippen LogP contribution in [0.5, 0.6) is 5.88 Å². The van der Waals surface area contributed by atoms with Crippen molar-refractivity contribution in [3.63, 3.8) is 0 Å². The van der Waals surface area contributed by atoms with Crippen LogP contribution in [-0.4, -0.2) is 34.3 Å². The first kappa shape index (κ1) is 12.1. The fourth-order valence-electron chi connectivity index (χ4n) is 1.59. The second-order valence-corrected chi connectivity index (χ2v) is 4.92. The molecule has 0 aromatic carbocycles. The Morgan fingerprint density at radius 2 is 2.24 bits per heavy atom. The molecule has 0 amide bonds. The van der Waals surface area contributed by atoms with Crippen LogP contribution in [0.2, 0.25) is 0 Å². The Balaban J connectivity index is 1.92. The average Bonchev–Trinajstić information content (AvgIpc) is 3.07. The van der Waals surface area contributed by atoms with Crippen molar-refractivity contribution in [2.75, 3.05) is 18.5 Å². The summed E-state index contributed by atoms with van der Waals surface area (Å²) in [6, 6.07) is 1.79. The smallest absolute Gasteiger partial charge is 0.218 e. The standard InChI is InChI=1S/C12H19N3O2/c1-9(2)17-11-5-10(14-8-15-11)13-6-12(7-16)3-4-12/h5,8-9,16H,3-4,6-7H2,1-2H3,(H,13,14,15). The van der Waals surface area contributed by atoms with Gasteiger partial charge in [0.1, 0.15) is 12.1 Å². The van der Waals surface area contributed by atoms with Crippen LogP contribution in [0.1, 0.15) is 26.7 Å². The third kappa shape index (κ3) is 3.30. The summed E-state index contributed by atoms with van der Waals surface area (Å²) in [4.78, 5) is 8.17. The maximum absolute atomic E-state index is 9.21. The molecule has 2 N–H and O–H groups in total. The summed E-state index contributed by atoms with van der Waals surface area (Å²) in [5.41, 5.74) is 0.0734. The number of anilines is 1. The Kier molecular flexibility index (Phi) is 3.47. The Morgan fingerprint density at radius 1 is 1.47 bits per heavy atom. The van der Waals surface area contributed by atoms with Gasteiger partial charge in [0.25, 0.3) is 0 Å². The predicted octanol–water partition coefficient (Wildman–Crippen LogP) is 1.45. The molecule has 0 unspecified atom stereocenters. The highest BCUT2D eigenvalue weighted by molar-refractivity contribution is 5.37. The maximum Gasteiger partial charge on any atom is 0.218 e. The molecule has 0 bridgehead atoms. The number of rotatable bonds is 6. The van der Waals surface area contributed by atoms with Crippen LogP contribution in [0.3, 0.4) is 0 Å². The third-order valence-electron chi connectivity index (χ3n) is 2.94. The van der Waals surface area contributed by atoms with Crippen molar-refractivity contribution in [3.05, 3.63) is 12.4 Å². The SMILES string of the molecule is CC(C)Oc1cc(NCC2(CO)CC2)ncn1. The first-order valence-corrected chi connectivity index (χ1v) is 5.97. The highest BCUT2D eigenvalue weighted by Crippen LogP contribution is 2.44. The van der Waals surface area contributed by atoms with Crippen molar-refractivity contribution in [1.29, 1.82) is 0 Å². The van der Waals surface area contributed by atoms with Gasteiger partial charge in [-0.3, -0.25) is 0 Å². The molecule has 2 rings (SSSR count). The van der Waals surface area contributed by atoms with Gasteiger partial charge in [-0.25, -0.2) is 9.97 Å². The van der Waals surface area contributed by atoms with Crippen LogP contribution in [-0.2, 0) is 0 Å². The second kappa shape index (κ2) is 4.87. The molecule has 1 heterocycles. The zero-order valence-corrected chi connectivity index (χ0v) is 10.3. The van der Waals surface area contributed by atoms with Gasteiger partial charge in [-0.1, -0.05) is 0 Å². The summed E-state index contributed by atoms with van der Waals surface area (Å²) in [5, 5.41) is 12.4. The summed E-state index contributed by atoms with van der Waals surface area (Å²) in [5.74, 6) is 1.32. The molecule has 17 heavy (non-hydrogen) atoms. The van der Waals surface area contributed by atoms with E-state index < -0.39 is 0 Å². The first-order chi connectivity index (χ1) is 8.13. The molecule has 1 aromatic heterocycles. The maximum atomic E-state index is 9.21. The second-order valence-electron chi connectivity index (χ2n) is 4.92. The van der Waals surface area contributed by atoms with Gasteiger partial charge < -0.3 is 15.2 Å². The molecule has 0 atom stereocenters. The van der Waals surface area contributed by atoms with Crippen molar-refractivity contribution in [2.45, 2.75) is 32.8 Å². The Hall–Kier alpha value is -1.36. The summed E-state index contributed by atoms with van der Waals surface area (Å²) >= 11 is 0. The zero-order valence-electron chi connectivity index (χ0n) is 10.3. The van der Waals surface area contributed by atoms with E-state index >= 15 is 0 Å². The number of nitrogens with one attached hydrogen (secondary N) is 1. The lowest BCUT2D eigenvalue weighted by atomic mass is 10.1. The van der Waals surface area contributed by atoms with E-state index in [1.165, 1.54) is 6.33 Å². The van der Waals surface area contributed by atoms with E-state index in [0.717, 1.165) is 25.2 Å². The van der Waals surface area contributed by atoms with E-state index in [9.17, 15) is 5.11 Å².